The first kappa shape index (κ1) is 44.5. The highest BCUT2D eigenvalue weighted by Gasteiger charge is 2.15. The molecule has 4 rings (SSSR count). The summed E-state index contributed by atoms with van der Waals surface area (Å²) in [4.78, 5) is 15.6. The fourth-order valence-electron chi connectivity index (χ4n) is 5.67. The maximum atomic E-state index is 13.2. The number of anilines is 1. The van der Waals surface area contributed by atoms with E-state index in [1.165, 1.54) is 92.9 Å². The summed E-state index contributed by atoms with van der Waals surface area (Å²) >= 11 is 0. The van der Waals surface area contributed by atoms with E-state index in [2.05, 4.69) is 65.6 Å². The van der Waals surface area contributed by atoms with Gasteiger partial charge in [-0.3, -0.25) is 4.79 Å². The molecular formula is C46H63FN2O4. The third-order valence-electron chi connectivity index (χ3n) is 8.99. The summed E-state index contributed by atoms with van der Waals surface area (Å²) in [6, 6.07) is 20.7. The van der Waals surface area contributed by atoms with E-state index in [4.69, 9.17) is 4.74 Å². The van der Waals surface area contributed by atoms with E-state index in [-0.39, 0.29) is 22.7 Å². The Labute approximate surface area is 318 Å². The van der Waals surface area contributed by atoms with Crippen molar-refractivity contribution in [2.45, 2.75) is 101 Å². The van der Waals surface area contributed by atoms with Crippen molar-refractivity contribution in [1.82, 2.24) is 4.90 Å². The van der Waals surface area contributed by atoms with E-state index in [1.54, 1.807) is 24.3 Å². The minimum atomic E-state index is -0.439. The zero-order valence-electron chi connectivity index (χ0n) is 33.8. The number of benzene rings is 4. The first-order valence-corrected chi connectivity index (χ1v) is 19.3. The second-order valence-corrected chi connectivity index (χ2v) is 13.6. The monoisotopic (exact) mass is 726 g/mol. The Morgan fingerprint density at radius 1 is 0.830 bits per heavy atom. The Kier molecular flexibility index (Phi) is 19.4. The molecule has 7 heteroatoms. The highest BCUT2D eigenvalue weighted by atomic mass is 19.1. The normalized spacial score (nSPS) is 11.3. The number of amides is 1. The molecule has 0 bridgehead atoms. The van der Waals surface area contributed by atoms with Crippen LogP contribution in [0.15, 0.2) is 84.4 Å². The Hall–Kier alpha value is -4.62. The Morgan fingerprint density at radius 3 is 2.06 bits per heavy atom. The maximum Gasteiger partial charge on any atom is 0.255 e. The Bertz CT molecular complexity index is 1720. The van der Waals surface area contributed by atoms with Crippen LogP contribution >= 0.6 is 0 Å². The van der Waals surface area contributed by atoms with Gasteiger partial charge in [0.25, 0.3) is 5.91 Å². The van der Waals surface area contributed by atoms with Crippen molar-refractivity contribution in [3.8, 4) is 34.1 Å². The molecule has 3 N–H and O–H groups in total. The van der Waals surface area contributed by atoms with E-state index in [0.29, 0.717) is 22.6 Å². The summed E-state index contributed by atoms with van der Waals surface area (Å²) in [6.07, 6.45) is 6.30. The standard InChI is InChI=1S/C32H30FNO4.C12H27N.C2H6/c1-5-19(2)21(4)28-18-27(14-9-20(28)3)38-26-8-6-7-23(15-26)32(37)34-25-16-29(35)31(30(36)17-25)22-10-12-24(33)13-11-22;1-5-7-10-13(9-6-2)11-8-12(3)4;1-2/h6-18,35-36H,5H2,1-4H3,(H,34,37);12H,5-11H2,1-4H3;1-2H3/b21-19-;;. The molecule has 0 saturated heterocycles. The van der Waals surface area contributed by atoms with Crippen LogP contribution in [0, 0.1) is 18.7 Å². The van der Waals surface area contributed by atoms with Crippen LogP contribution in [-0.4, -0.2) is 40.7 Å². The number of rotatable bonds is 15. The number of phenols is 2. The lowest BCUT2D eigenvalue weighted by atomic mass is 9.96. The first-order chi connectivity index (χ1) is 25.4. The van der Waals surface area contributed by atoms with Gasteiger partial charge in [0.05, 0.1) is 5.56 Å². The molecule has 4 aromatic carbocycles. The van der Waals surface area contributed by atoms with E-state index in [0.717, 1.165) is 23.5 Å². The molecule has 0 atom stereocenters. The van der Waals surface area contributed by atoms with Crippen LogP contribution in [-0.2, 0) is 0 Å². The molecule has 0 spiro atoms. The summed E-state index contributed by atoms with van der Waals surface area (Å²) in [7, 11) is 0. The van der Waals surface area contributed by atoms with Crippen LogP contribution in [0.3, 0.4) is 0 Å². The second kappa shape index (κ2) is 23.1. The van der Waals surface area contributed by atoms with Crippen molar-refractivity contribution in [3.63, 3.8) is 0 Å². The minimum absolute atomic E-state index is 0.148. The lowest BCUT2D eigenvalue weighted by Gasteiger charge is -2.22. The summed E-state index contributed by atoms with van der Waals surface area (Å²) in [5, 5.41) is 23.7. The number of carbonyl (C=O) groups excluding carboxylic acids is 1. The molecule has 0 unspecified atom stereocenters. The average molecular weight is 727 g/mol. The number of aromatic hydroxyl groups is 2. The number of allylic oxidation sites excluding steroid dienone is 2. The molecule has 6 nitrogen and oxygen atoms in total. The van der Waals surface area contributed by atoms with Crippen LogP contribution < -0.4 is 10.1 Å². The van der Waals surface area contributed by atoms with Crippen molar-refractivity contribution in [2.24, 2.45) is 5.92 Å². The van der Waals surface area contributed by atoms with Gasteiger partial charge >= 0.3 is 0 Å². The van der Waals surface area contributed by atoms with E-state index >= 15 is 0 Å². The minimum Gasteiger partial charge on any atom is -0.507 e. The lowest BCUT2D eigenvalue weighted by Crippen LogP contribution is -2.27. The van der Waals surface area contributed by atoms with Gasteiger partial charge in [0.2, 0.25) is 0 Å². The molecule has 53 heavy (non-hydrogen) atoms. The summed E-state index contributed by atoms with van der Waals surface area (Å²) in [5.74, 6) is 0.649. The fraction of sp³-hybridized carbons (Fsp3) is 0.413. The lowest BCUT2D eigenvalue weighted by molar-refractivity contribution is 0.102. The fourth-order valence-corrected chi connectivity index (χ4v) is 5.67. The summed E-state index contributed by atoms with van der Waals surface area (Å²) in [6.45, 7) is 25.5. The predicted molar refractivity (Wildman–Crippen MR) is 222 cm³/mol. The van der Waals surface area contributed by atoms with Crippen molar-refractivity contribution < 1.29 is 24.1 Å². The second-order valence-electron chi connectivity index (χ2n) is 13.6. The highest BCUT2D eigenvalue weighted by Crippen LogP contribution is 2.40. The van der Waals surface area contributed by atoms with E-state index in [1.807, 2.05) is 32.0 Å². The van der Waals surface area contributed by atoms with Crippen molar-refractivity contribution in [2.75, 3.05) is 25.0 Å². The zero-order valence-corrected chi connectivity index (χ0v) is 33.8. The van der Waals surface area contributed by atoms with Crippen LogP contribution in [0.1, 0.15) is 116 Å². The SMILES string of the molecule is CC.CC/C(C)=C(/C)c1cc(Oc2cccc(C(=O)Nc3cc(O)c(-c4ccc(F)cc4)c(O)c3)c2)ccc1C.CCCCN(CCC)CCC(C)C. The van der Waals surface area contributed by atoms with Crippen LogP contribution in [0.5, 0.6) is 23.0 Å². The third-order valence-corrected chi connectivity index (χ3v) is 8.99. The number of nitrogens with one attached hydrogen (secondary N) is 1. The van der Waals surface area contributed by atoms with Gasteiger partial charge < -0.3 is 25.2 Å². The number of phenolic OH excluding ortho intramolecular Hbond substituents is 2. The van der Waals surface area contributed by atoms with Crippen LogP contribution in [0.25, 0.3) is 16.7 Å². The zero-order chi connectivity index (χ0) is 39.5. The number of nitrogens with zero attached hydrogens (tertiary/aromatic N) is 1. The molecule has 0 aliphatic rings. The first-order valence-electron chi connectivity index (χ1n) is 19.3. The topological polar surface area (TPSA) is 82.0 Å². The number of hydrogen-bond donors (Lipinski definition) is 3. The summed E-state index contributed by atoms with van der Waals surface area (Å²) in [5.41, 5.74) is 5.96. The predicted octanol–water partition coefficient (Wildman–Crippen LogP) is 13.0. The van der Waals surface area contributed by atoms with Crippen molar-refractivity contribution in [1.29, 1.82) is 0 Å². The average Bonchev–Trinajstić information content (AvgIpc) is 3.14. The number of hydrogen-bond acceptors (Lipinski definition) is 5. The maximum absolute atomic E-state index is 13.2. The smallest absolute Gasteiger partial charge is 0.255 e. The molecule has 288 valence electrons. The number of ether oxygens (including phenoxy) is 1. The van der Waals surface area contributed by atoms with Gasteiger partial charge in [-0.25, -0.2) is 4.39 Å². The van der Waals surface area contributed by atoms with Gasteiger partial charge in [-0.05, 0) is 137 Å². The van der Waals surface area contributed by atoms with Crippen molar-refractivity contribution in [3.05, 3.63) is 107 Å². The Balaban J connectivity index is 0.000000550. The highest BCUT2D eigenvalue weighted by molar-refractivity contribution is 6.05. The Morgan fingerprint density at radius 2 is 1.47 bits per heavy atom. The van der Waals surface area contributed by atoms with E-state index in [9.17, 15) is 19.4 Å². The van der Waals surface area contributed by atoms with Crippen LogP contribution in [0.2, 0.25) is 0 Å². The van der Waals surface area contributed by atoms with Gasteiger partial charge in [0.1, 0.15) is 28.8 Å². The van der Waals surface area contributed by atoms with Crippen molar-refractivity contribution >= 4 is 17.2 Å². The molecule has 4 aromatic rings. The number of aryl methyl sites for hydroxylation is 1. The molecule has 0 saturated carbocycles. The molecule has 1 amide bonds. The van der Waals surface area contributed by atoms with Gasteiger partial charge in [0.15, 0.2) is 0 Å². The van der Waals surface area contributed by atoms with Crippen LogP contribution in [0.4, 0.5) is 10.1 Å². The summed E-state index contributed by atoms with van der Waals surface area (Å²) < 4.78 is 19.3. The van der Waals surface area contributed by atoms with Gasteiger partial charge in [-0.15, -0.1) is 0 Å². The largest absolute Gasteiger partial charge is 0.507 e. The third kappa shape index (κ3) is 14.4. The molecular weight excluding hydrogens is 664 g/mol. The molecule has 0 aliphatic carbocycles. The number of carbonyl (C=O) groups is 1. The molecule has 0 aliphatic heterocycles. The number of halogens is 1. The van der Waals surface area contributed by atoms with Gasteiger partial charge in [0, 0.05) is 23.4 Å². The molecule has 0 radical (unpaired) electrons. The quantitative estimate of drug-likeness (QED) is 0.114. The molecule has 0 aromatic heterocycles. The van der Waals surface area contributed by atoms with Gasteiger partial charge in [-0.1, -0.05) is 84.7 Å². The molecule has 0 fully saturated rings. The van der Waals surface area contributed by atoms with E-state index < -0.39 is 11.7 Å². The number of unbranched alkanes of at least 4 members (excludes halogenated alkanes) is 1. The van der Waals surface area contributed by atoms with Gasteiger partial charge in [-0.2, -0.15) is 0 Å². The molecule has 0 heterocycles.